The summed E-state index contributed by atoms with van der Waals surface area (Å²) in [5.74, 6) is 1.20. The maximum Gasteiger partial charge on any atom is 0.146 e. The predicted octanol–water partition coefficient (Wildman–Crippen LogP) is 3.48. The van der Waals surface area contributed by atoms with Crippen molar-refractivity contribution in [3.8, 4) is 11.3 Å². The lowest BCUT2D eigenvalue weighted by Crippen LogP contribution is -2.47. The molecule has 9 rings (SSSR count). The van der Waals surface area contributed by atoms with Crippen LogP contribution in [0.15, 0.2) is 54.7 Å². The molecule has 8 bridgehead atoms. The van der Waals surface area contributed by atoms with Gasteiger partial charge in [0.05, 0.1) is 25.5 Å². The molecule has 8 nitrogen and oxygen atoms in total. The number of Topliss-reactive ketones (excluding diaryl/α,β-unsaturated/α-hetero) is 1. The number of aromatic nitrogens is 2. The van der Waals surface area contributed by atoms with Crippen molar-refractivity contribution in [3.05, 3.63) is 77.2 Å². The fourth-order valence-corrected chi connectivity index (χ4v) is 6.18. The zero-order valence-electron chi connectivity index (χ0n) is 24.3. The molecule has 6 aliphatic rings. The molecule has 41 heavy (non-hydrogen) atoms. The second kappa shape index (κ2) is 13.2. The maximum atomic E-state index is 12.7. The Balaban J connectivity index is 1.29. The van der Waals surface area contributed by atoms with Crippen LogP contribution in [0.2, 0.25) is 0 Å². The van der Waals surface area contributed by atoms with Gasteiger partial charge in [-0.25, -0.2) is 9.97 Å². The van der Waals surface area contributed by atoms with E-state index in [9.17, 15) is 4.79 Å². The van der Waals surface area contributed by atoms with Crippen molar-refractivity contribution < 1.29 is 9.53 Å². The predicted molar refractivity (Wildman–Crippen MR) is 162 cm³/mol. The van der Waals surface area contributed by atoms with Gasteiger partial charge in [0.25, 0.3) is 0 Å². The van der Waals surface area contributed by atoms with Gasteiger partial charge in [0.2, 0.25) is 0 Å². The van der Waals surface area contributed by atoms with Gasteiger partial charge in [0.1, 0.15) is 11.6 Å². The Morgan fingerprint density at radius 2 is 1.49 bits per heavy atom. The fourth-order valence-electron chi connectivity index (χ4n) is 6.18. The lowest BCUT2D eigenvalue weighted by molar-refractivity contribution is -0.120. The summed E-state index contributed by atoms with van der Waals surface area (Å²) in [6.07, 6.45) is 4.13. The van der Waals surface area contributed by atoms with E-state index in [1.54, 1.807) is 0 Å². The molecule has 1 aromatic heterocycles. The van der Waals surface area contributed by atoms with Gasteiger partial charge in [0, 0.05) is 82.6 Å². The van der Waals surface area contributed by atoms with E-state index in [1.807, 2.05) is 12.3 Å². The third kappa shape index (κ3) is 7.57. The summed E-state index contributed by atoms with van der Waals surface area (Å²) in [6.45, 7) is 10.5. The van der Waals surface area contributed by atoms with Crippen molar-refractivity contribution in [2.75, 3.05) is 77.5 Å². The number of hydrogen-bond acceptors (Lipinski definition) is 8. The number of carbonyl (C=O) groups excluding carboxylic acids is 1. The highest BCUT2D eigenvalue weighted by molar-refractivity contribution is 5.80. The Kier molecular flexibility index (Phi) is 9.01. The third-order valence-corrected chi connectivity index (χ3v) is 8.45. The molecule has 0 N–H and O–H groups in total. The van der Waals surface area contributed by atoms with Gasteiger partial charge < -0.3 is 14.5 Å². The molecule has 3 aromatic rings. The molecule has 0 radical (unpaired) electrons. The molecule has 0 aliphatic carbocycles. The van der Waals surface area contributed by atoms with Crippen molar-refractivity contribution in [1.29, 1.82) is 0 Å². The SMILES string of the molecule is CN1CCCC(=O)CN2CCN(CC2)Cc2cc(cc(N3CCOCC3)c2)Cc2nccc(n2)-c2ccc(cc2)C1. The molecule has 216 valence electrons. The van der Waals surface area contributed by atoms with Crippen LogP contribution in [0, 0.1) is 0 Å². The van der Waals surface area contributed by atoms with E-state index < -0.39 is 0 Å². The number of morpholine rings is 1. The molecule has 0 amide bonds. The van der Waals surface area contributed by atoms with Crippen LogP contribution >= 0.6 is 0 Å². The van der Waals surface area contributed by atoms with Gasteiger partial charge in [-0.2, -0.15) is 0 Å². The van der Waals surface area contributed by atoms with Crippen molar-refractivity contribution in [2.24, 2.45) is 0 Å². The van der Waals surface area contributed by atoms with Crippen LogP contribution in [0.4, 0.5) is 5.69 Å². The largest absolute Gasteiger partial charge is 0.378 e. The van der Waals surface area contributed by atoms with Crippen LogP contribution in [-0.2, 0) is 29.0 Å². The molecule has 2 fully saturated rings. The summed E-state index contributed by atoms with van der Waals surface area (Å²) in [5, 5.41) is 0. The molecule has 0 unspecified atom stereocenters. The minimum atomic E-state index is 0.361. The average Bonchev–Trinajstić information content (AvgIpc) is 2.99. The van der Waals surface area contributed by atoms with Crippen LogP contribution in [0.3, 0.4) is 0 Å². The van der Waals surface area contributed by atoms with Crippen molar-refractivity contribution in [1.82, 2.24) is 24.7 Å². The standard InChI is InChI=1S/C33H42N6O2/c1-36-10-2-3-31(40)25-38-13-11-37(12-14-38)24-28-19-27(20-30(21-28)39-15-17-41-18-16-39)22-33-34-9-8-32(35-33)29-6-4-26(23-36)5-7-29/h4-9,19-21H,2-3,10-18,22-25H2,1H3. The van der Waals surface area contributed by atoms with E-state index in [0.717, 1.165) is 95.6 Å². The topological polar surface area (TPSA) is 65.0 Å². The quantitative estimate of drug-likeness (QED) is 0.453. The molecule has 6 aliphatic heterocycles. The van der Waals surface area contributed by atoms with Gasteiger partial charge in [0.15, 0.2) is 0 Å². The number of benzene rings is 2. The molecule has 0 spiro atoms. The molecule has 2 aromatic carbocycles. The smallest absolute Gasteiger partial charge is 0.146 e. The maximum absolute atomic E-state index is 12.7. The van der Waals surface area contributed by atoms with E-state index in [0.29, 0.717) is 25.2 Å². The van der Waals surface area contributed by atoms with Crippen molar-refractivity contribution in [2.45, 2.75) is 32.4 Å². The number of nitrogens with zero attached hydrogens (tertiary/aromatic N) is 6. The van der Waals surface area contributed by atoms with E-state index in [-0.39, 0.29) is 0 Å². The summed E-state index contributed by atoms with van der Waals surface area (Å²) < 4.78 is 5.63. The summed E-state index contributed by atoms with van der Waals surface area (Å²) in [7, 11) is 2.13. The monoisotopic (exact) mass is 554 g/mol. The number of anilines is 1. The zero-order valence-corrected chi connectivity index (χ0v) is 24.3. The van der Waals surface area contributed by atoms with Crippen molar-refractivity contribution >= 4 is 11.5 Å². The van der Waals surface area contributed by atoms with Gasteiger partial charge in [-0.15, -0.1) is 0 Å². The van der Waals surface area contributed by atoms with E-state index in [1.165, 1.54) is 22.4 Å². The van der Waals surface area contributed by atoms with Crippen LogP contribution in [0.5, 0.6) is 0 Å². The van der Waals surface area contributed by atoms with Gasteiger partial charge in [-0.1, -0.05) is 30.3 Å². The first-order chi connectivity index (χ1) is 20.1. The zero-order chi connectivity index (χ0) is 28.0. The van der Waals surface area contributed by atoms with Crippen molar-refractivity contribution in [3.63, 3.8) is 0 Å². The Morgan fingerprint density at radius 3 is 2.27 bits per heavy atom. The Bertz CT molecular complexity index is 1320. The van der Waals surface area contributed by atoms with E-state index in [2.05, 4.69) is 74.1 Å². The van der Waals surface area contributed by atoms with Crippen LogP contribution in [0.1, 0.15) is 35.4 Å². The van der Waals surface area contributed by atoms with Crippen LogP contribution in [-0.4, -0.2) is 103 Å². The highest BCUT2D eigenvalue weighted by Gasteiger charge is 2.21. The molecular weight excluding hydrogens is 512 g/mol. The molecule has 2 saturated heterocycles. The molecule has 0 atom stereocenters. The number of carbonyl (C=O) groups is 1. The third-order valence-electron chi connectivity index (χ3n) is 8.45. The van der Waals surface area contributed by atoms with E-state index >= 15 is 0 Å². The Hall–Kier alpha value is -3.17. The summed E-state index contributed by atoms with van der Waals surface area (Å²) in [6, 6.07) is 17.7. The van der Waals surface area contributed by atoms with Gasteiger partial charge in [-0.05, 0) is 54.9 Å². The molecule has 8 heteroatoms. The first kappa shape index (κ1) is 28.0. The van der Waals surface area contributed by atoms with E-state index in [4.69, 9.17) is 9.72 Å². The minimum absolute atomic E-state index is 0.361. The molecule has 0 saturated carbocycles. The first-order valence-electron chi connectivity index (χ1n) is 15.1. The fraction of sp³-hybridized carbons (Fsp3) is 0.485. The molecular formula is C33H42N6O2. The normalized spacial score (nSPS) is 23.0. The van der Waals surface area contributed by atoms with Crippen LogP contribution in [0.25, 0.3) is 11.3 Å². The van der Waals surface area contributed by atoms with Gasteiger partial charge >= 0.3 is 0 Å². The first-order valence-corrected chi connectivity index (χ1v) is 15.1. The number of ether oxygens (including phenoxy) is 1. The average molecular weight is 555 g/mol. The molecule has 7 heterocycles. The highest BCUT2D eigenvalue weighted by Crippen LogP contribution is 2.25. The Morgan fingerprint density at radius 1 is 0.756 bits per heavy atom. The lowest BCUT2D eigenvalue weighted by atomic mass is 10.0. The summed E-state index contributed by atoms with van der Waals surface area (Å²) >= 11 is 0. The second-order valence-corrected chi connectivity index (χ2v) is 11.8. The number of hydrogen-bond donors (Lipinski definition) is 0. The number of rotatable bonds is 1. The Labute approximate surface area is 243 Å². The minimum Gasteiger partial charge on any atom is -0.378 e. The number of ketones is 1. The van der Waals surface area contributed by atoms with Gasteiger partial charge in [-0.3, -0.25) is 14.6 Å². The summed E-state index contributed by atoms with van der Waals surface area (Å²) in [4.78, 5) is 32.0. The lowest BCUT2D eigenvalue weighted by Gasteiger charge is -2.35. The van der Waals surface area contributed by atoms with Crippen LogP contribution < -0.4 is 4.90 Å². The second-order valence-electron chi connectivity index (χ2n) is 11.8. The number of piperazine rings is 1. The highest BCUT2D eigenvalue weighted by atomic mass is 16.5. The summed E-state index contributed by atoms with van der Waals surface area (Å²) in [5.41, 5.74) is 7.14.